The van der Waals surface area contributed by atoms with Gasteiger partial charge in [0.05, 0.1) is 30.4 Å². The average molecular weight is 514 g/mol. The predicted molar refractivity (Wildman–Crippen MR) is 130 cm³/mol. The number of rotatable bonds is 3. The van der Waals surface area contributed by atoms with Crippen molar-refractivity contribution < 1.29 is 32.2 Å². The maximum Gasteiger partial charge on any atom is 0.416 e. The zero-order chi connectivity index (χ0) is 25.8. The van der Waals surface area contributed by atoms with Gasteiger partial charge in [0.25, 0.3) is 0 Å². The molecule has 5 nitrogen and oxygen atoms in total. The monoisotopic (exact) mass is 513 g/mol. The predicted octanol–water partition coefficient (Wildman–Crippen LogP) is 6.14. The zero-order valence-corrected chi connectivity index (χ0v) is 20.6. The molecule has 0 N–H and O–H groups in total. The molecule has 0 amide bonds. The van der Waals surface area contributed by atoms with Gasteiger partial charge in [-0.05, 0) is 67.4 Å². The van der Waals surface area contributed by atoms with Crippen LogP contribution in [0.25, 0.3) is 17.2 Å². The fraction of sp³-hybridized carbons (Fsp3) is 0.517. The molecular weight excluding hydrogens is 483 g/mol. The number of ether oxygens (including phenoxy) is 3. The molecule has 196 valence electrons. The van der Waals surface area contributed by atoms with Crippen molar-refractivity contribution in [1.29, 1.82) is 0 Å². The normalized spacial score (nSPS) is 32.9. The van der Waals surface area contributed by atoms with Gasteiger partial charge in [-0.1, -0.05) is 24.3 Å². The molecule has 2 saturated heterocycles. The highest BCUT2D eigenvalue weighted by molar-refractivity contribution is 5.75. The number of hydrogen-bond acceptors (Lipinski definition) is 5. The number of hydrogen-bond donors (Lipinski definition) is 0. The van der Waals surface area contributed by atoms with E-state index < -0.39 is 17.5 Å². The lowest BCUT2D eigenvalue weighted by Gasteiger charge is -2.49. The molecule has 3 heterocycles. The molecule has 2 aromatic rings. The van der Waals surface area contributed by atoms with Crippen molar-refractivity contribution in [2.45, 2.75) is 50.7 Å². The van der Waals surface area contributed by atoms with Gasteiger partial charge in [0, 0.05) is 30.5 Å². The molecule has 2 aliphatic heterocycles. The van der Waals surface area contributed by atoms with Gasteiger partial charge in [0.2, 0.25) is 0 Å². The highest BCUT2D eigenvalue weighted by Crippen LogP contribution is 2.56. The Morgan fingerprint density at radius 2 is 1.92 bits per heavy atom. The van der Waals surface area contributed by atoms with E-state index >= 15 is 0 Å². The van der Waals surface area contributed by atoms with Crippen LogP contribution in [-0.2, 0) is 25.2 Å². The van der Waals surface area contributed by atoms with E-state index in [0.717, 1.165) is 43.5 Å². The summed E-state index contributed by atoms with van der Waals surface area (Å²) in [6, 6.07) is 8.87. The first-order valence-corrected chi connectivity index (χ1v) is 13.0. The van der Waals surface area contributed by atoms with E-state index in [4.69, 9.17) is 14.2 Å². The molecule has 0 bridgehead atoms. The third kappa shape index (κ3) is 4.59. The van der Waals surface area contributed by atoms with Crippen LogP contribution >= 0.6 is 0 Å². The van der Waals surface area contributed by atoms with Gasteiger partial charge in [-0.3, -0.25) is 9.78 Å². The summed E-state index contributed by atoms with van der Waals surface area (Å²) in [5.41, 5.74) is 1.14. The minimum atomic E-state index is -4.39. The van der Waals surface area contributed by atoms with Gasteiger partial charge in [-0.25, -0.2) is 0 Å². The number of carbonyl (C=O) groups excluding carboxylic acids is 1. The molecule has 6 atom stereocenters. The molecule has 4 fully saturated rings. The molecule has 2 aliphatic carbocycles. The summed E-state index contributed by atoms with van der Waals surface area (Å²) < 4.78 is 57.0. The van der Waals surface area contributed by atoms with Crippen LogP contribution in [0.2, 0.25) is 0 Å². The first kappa shape index (κ1) is 24.6. The Morgan fingerprint density at radius 3 is 2.65 bits per heavy atom. The lowest BCUT2D eigenvalue weighted by Crippen LogP contribution is -2.49. The van der Waals surface area contributed by atoms with Crippen molar-refractivity contribution in [2.75, 3.05) is 13.2 Å². The molecule has 5 unspecified atom stereocenters. The minimum absolute atomic E-state index is 0.106. The first-order valence-electron chi connectivity index (χ1n) is 13.0. The van der Waals surface area contributed by atoms with Crippen LogP contribution in [0.1, 0.15) is 43.9 Å². The Morgan fingerprint density at radius 1 is 1.11 bits per heavy atom. The van der Waals surface area contributed by atoms with E-state index in [1.165, 1.54) is 6.07 Å². The van der Waals surface area contributed by atoms with Crippen LogP contribution in [-0.4, -0.2) is 36.1 Å². The molecule has 4 aliphatic rings. The van der Waals surface area contributed by atoms with E-state index in [2.05, 4.69) is 11.1 Å². The molecule has 1 aromatic heterocycles. The fourth-order valence-corrected chi connectivity index (χ4v) is 7.11. The maximum atomic E-state index is 13.1. The highest BCUT2D eigenvalue weighted by Gasteiger charge is 2.57. The zero-order valence-electron chi connectivity index (χ0n) is 20.6. The summed E-state index contributed by atoms with van der Waals surface area (Å²) >= 11 is 0. The molecule has 2 saturated carbocycles. The van der Waals surface area contributed by atoms with Gasteiger partial charge in [0.1, 0.15) is 6.10 Å². The quantitative estimate of drug-likeness (QED) is 0.462. The van der Waals surface area contributed by atoms with Gasteiger partial charge in [-0.15, -0.1) is 0 Å². The van der Waals surface area contributed by atoms with Crippen molar-refractivity contribution in [2.24, 2.45) is 29.6 Å². The Hall–Kier alpha value is -2.71. The highest BCUT2D eigenvalue weighted by atomic mass is 19.4. The number of alkyl halides is 3. The van der Waals surface area contributed by atoms with Crippen LogP contribution < -0.4 is 0 Å². The number of aromatic nitrogens is 1. The van der Waals surface area contributed by atoms with Crippen molar-refractivity contribution >= 4 is 12.0 Å². The molecule has 1 aromatic carbocycles. The lowest BCUT2D eigenvalue weighted by atomic mass is 9.56. The number of cyclic esters (lactones) is 1. The summed E-state index contributed by atoms with van der Waals surface area (Å²) in [7, 11) is 0. The third-order valence-corrected chi connectivity index (χ3v) is 8.76. The average Bonchev–Trinajstić information content (AvgIpc) is 3.45. The number of esters is 1. The second-order valence-electron chi connectivity index (χ2n) is 10.8. The van der Waals surface area contributed by atoms with Crippen LogP contribution in [0.5, 0.6) is 0 Å². The maximum absolute atomic E-state index is 13.1. The summed E-state index contributed by atoms with van der Waals surface area (Å²) in [5.74, 6) is 0.262. The van der Waals surface area contributed by atoms with E-state index in [9.17, 15) is 18.0 Å². The summed E-state index contributed by atoms with van der Waals surface area (Å²) in [4.78, 5) is 17.2. The fourth-order valence-electron chi connectivity index (χ4n) is 7.11. The number of nitrogens with zero attached hydrogens (tertiary/aromatic N) is 1. The van der Waals surface area contributed by atoms with Gasteiger partial charge in [0.15, 0.2) is 5.79 Å². The molecule has 6 rings (SSSR count). The first-order chi connectivity index (χ1) is 17.7. The van der Waals surface area contributed by atoms with Crippen molar-refractivity contribution in [3.63, 3.8) is 0 Å². The van der Waals surface area contributed by atoms with E-state index in [0.29, 0.717) is 36.2 Å². The number of halogens is 3. The van der Waals surface area contributed by atoms with Gasteiger partial charge >= 0.3 is 12.1 Å². The Balaban J connectivity index is 1.24. The SMILES string of the molecule is C[C@H]1OC(=O)C2CC3CC4(CCC3C(/C=C/c3ccc(-c5cccc(C(F)(F)F)c5)cn3)C21)OCCO4. The Bertz CT molecular complexity index is 1190. The molecule has 0 radical (unpaired) electrons. The topological polar surface area (TPSA) is 57.7 Å². The van der Waals surface area contributed by atoms with Crippen molar-refractivity contribution in [1.82, 2.24) is 4.98 Å². The van der Waals surface area contributed by atoms with Crippen LogP contribution in [0.4, 0.5) is 13.2 Å². The summed E-state index contributed by atoms with van der Waals surface area (Å²) in [5, 5.41) is 0. The minimum Gasteiger partial charge on any atom is -0.462 e. The van der Waals surface area contributed by atoms with Crippen molar-refractivity contribution in [3.05, 3.63) is 59.9 Å². The van der Waals surface area contributed by atoms with Gasteiger partial charge in [-0.2, -0.15) is 13.2 Å². The van der Waals surface area contributed by atoms with Crippen LogP contribution in [0.3, 0.4) is 0 Å². The molecule has 8 heteroatoms. The number of benzene rings is 1. The molecule has 1 spiro atoms. The van der Waals surface area contributed by atoms with E-state index in [-0.39, 0.29) is 29.8 Å². The van der Waals surface area contributed by atoms with Gasteiger partial charge < -0.3 is 14.2 Å². The lowest BCUT2D eigenvalue weighted by molar-refractivity contribution is -0.204. The largest absolute Gasteiger partial charge is 0.462 e. The van der Waals surface area contributed by atoms with Crippen molar-refractivity contribution in [3.8, 4) is 11.1 Å². The van der Waals surface area contributed by atoms with E-state index in [1.807, 2.05) is 19.1 Å². The van der Waals surface area contributed by atoms with E-state index in [1.54, 1.807) is 18.3 Å². The second kappa shape index (κ2) is 9.24. The standard InChI is InChI=1S/C29H30F3NO4/c1-17-26-24(23-9-10-28(35-11-12-36-28)15-20(23)14-25(26)27(34)37-17)8-7-22-6-5-19(16-33-22)18-3-2-4-21(13-18)29(30,31)32/h2-8,13,16-17,20,23-26H,9-12,14-15H2,1H3/b8-7+/t17-,20?,23?,24?,25?,26?/m1/s1. The Kier molecular flexibility index (Phi) is 6.15. The van der Waals surface area contributed by atoms with Crippen LogP contribution in [0.15, 0.2) is 48.7 Å². The number of fused-ring (bicyclic) bond motifs is 2. The summed E-state index contributed by atoms with van der Waals surface area (Å²) in [6.07, 6.45) is 4.65. The number of pyridine rings is 1. The summed E-state index contributed by atoms with van der Waals surface area (Å²) in [6.45, 7) is 3.22. The molecular formula is C29H30F3NO4. The number of allylic oxidation sites excluding steroid dienone is 1. The smallest absolute Gasteiger partial charge is 0.416 e. The van der Waals surface area contributed by atoms with Crippen LogP contribution in [0, 0.1) is 29.6 Å². The number of carbonyl (C=O) groups is 1. The third-order valence-electron chi connectivity index (χ3n) is 8.76. The second-order valence-corrected chi connectivity index (χ2v) is 10.8. The Labute approximate surface area is 214 Å². The molecule has 37 heavy (non-hydrogen) atoms.